The zero-order valence-electron chi connectivity index (χ0n) is 16.9. The Hall–Kier alpha value is -2.37. The highest BCUT2D eigenvalue weighted by molar-refractivity contribution is 5.82. The van der Waals surface area contributed by atoms with Crippen LogP contribution in [0.4, 0.5) is 0 Å². The number of benzene rings is 1. The largest absolute Gasteiger partial charge is 0.341 e. The molecule has 2 aliphatic rings. The number of rotatable bonds is 4. The van der Waals surface area contributed by atoms with Crippen molar-refractivity contribution in [1.82, 2.24) is 19.4 Å². The fourth-order valence-electron chi connectivity index (χ4n) is 4.52. The van der Waals surface area contributed by atoms with Gasteiger partial charge in [0.15, 0.2) is 0 Å². The summed E-state index contributed by atoms with van der Waals surface area (Å²) in [6.45, 7) is 6.66. The fraction of sp³-hybridized carbons (Fsp3) is 0.591. The molecule has 0 spiro atoms. The van der Waals surface area contributed by atoms with Crippen molar-refractivity contribution in [3.05, 3.63) is 30.1 Å². The number of carbonyl (C=O) groups excluding carboxylic acids is 2. The first-order valence-electron chi connectivity index (χ1n) is 10.6. The summed E-state index contributed by atoms with van der Waals surface area (Å²) in [5, 5.41) is 0. The summed E-state index contributed by atoms with van der Waals surface area (Å²) in [6, 6.07) is 7.93. The number of hydrogen-bond donors (Lipinski definition) is 0. The normalized spacial score (nSPS) is 20.3. The van der Waals surface area contributed by atoms with Gasteiger partial charge in [0.05, 0.1) is 17.1 Å². The summed E-state index contributed by atoms with van der Waals surface area (Å²) in [6.07, 6.45) is 5.26. The highest BCUT2D eigenvalue weighted by Crippen LogP contribution is 2.34. The second kappa shape index (κ2) is 7.94. The maximum atomic E-state index is 13.0. The van der Waals surface area contributed by atoms with Gasteiger partial charge in [-0.25, -0.2) is 4.98 Å². The van der Waals surface area contributed by atoms with Gasteiger partial charge in [-0.3, -0.25) is 9.59 Å². The third kappa shape index (κ3) is 3.52. The summed E-state index contributed by atoms with van der Waals surface area (Å²) in [5.74, 6) is 1.15. The molecule has 0 aliphatic carbocycles. The minimum Gasteiger partial charge on any atom is -0.341 e. The molecule has 2 fully saturated rings. The Kier molecular flexibility index (Phi) is 5.38. The van der Waals surface area contributed by atoms with Crippen molar-refractivity contribution in [2.75, 3.05) is 19.6 Å². The van der Waals surface area contributed by atoms with E-state index in [0.717, 1.165) is 62.2 Å². The van der Waals surface area contributed by atoms with Crippen LogP contribution >= 0.6 is 0 Å². The van der Waals surface area contributed by atoms with E-state index in [1.165, 1.54) is 6.42 Å². The minimum atomic E-state index is -0.0449. The third-order valence-electron chi connectivity index (χ3n) is 6.01. The maximum Gasteiger partial charge on any atom is 0.242 e. The summed E-state index contributed by atoms with van der Waals surface area (Å²) in [7, 11) is 0. The quantitative estimate of drug-likeness (QED) is 0.815. The van der Waals surface area contributed by atoms with Crippen molar-refractivity contribution in [2.45, 2.75) is 58.5 Å². The molecule has 6 heteroatoms. The van der Waals surface area contributed by atoms with Crippen LogP contribution < -0.4 is 0 Å². The molecule has 0 unspecified atom stereocenters. The number of carbonyl (C=O) groups is 2. The molecular weight excluding hydrogens is 352 g/mol. The highest BCUT2D eigenvalue weighted by Gasteiger charge is 2.35. The molecule has 2 amide bonds. The lowest BCUT2D eigenvalue weighted by molar-refractivity contribution is -0.135. The molecule has 2 saturated heterocycles. The molecule has 0 radical (unpaired) electrons. The molecule has 0 bridgehead atoms. The van der Waals surface area contributed by atoms with E-state index in [9.17, 15) is 9.59 Å². The molecule has 28 heavy (non-hydrogen) atoms. The van der Waals surface area contributed by atoms with Gasteiger partial charge in [0.2, 0.25) is 11.8 Å². The van der Waals surface area contributed by atoms with Gasteiger partial charge in [-0.15, -0.1) is 0 Å². The van der Waals surface area contributed by atoms with Crippen LogP contribution in [0.2, 0.25) is 0 Å². The number of imidazole rings is 1. The monoisotopic (exact) mass is 382 g/mol. The van der Waals surface area contributed by atoms with Crippen LogP contribution in [0.3, 0.4) is 0 Å². The van der Waals surface area contributed by atoms with Crippen LogP contribution in [0.5, 0.6) is 0 Å². The summed E-state index contributed by atoms with van der Waals surface area (Å²) >= 11 is 0. The molecule has 1 atom stereocenters. The van der Waals surface area contributed by atoms with E-state index < -0.39 is 0 Å². The van der Waals surface area contributed by atoms with E-state index in [-0.39, 0.29) is 23.8 Å². The minimum absolute atomic E-state index is 0.0339. The SMILES string of the molecule is CC(C)C(=O)N1CCC[C@@H]1c1nc2ccccc2n1CC(=O)N1CCCCC1. The van der Waals surface area contributed by atoms with Crippen molar-refractivity contribution < 1.29 is 9.59 Å². The Labute approximate surface area is 166 Å². The zero-order chi connectivity index (χ0) is 19.7. The van der Waals surface area contributed by atoms with Crippen molar-refractivity contribution in [1.29, 1.82) is 0 Å². The molecule has 2 aromatic rings. The van der Waals surface area contributed by atoms with Gasteiger partial charge in [-0.1, -0.05) is 26.0 Å². The second-order valence-corrected chi connectivity index (χ2v) is 8.33. The number of hydrogen-bond acceptors (Lipinski definition) is 3. The van der Waals surface area contributed by atoms with Crippen molar-refractivity contribution in [3.63, 3.8) is 0 Å². The number of likely N-dealkylation sites (tertiary alicyclic amines) is 2. The maximum absolute atomic E-state index is 13.0. The zero-order valence-corrected chi connectivity index (χ0v) is 16.9. The summed E-state index contributed by atoms with van der Waals surface area (Å²) in [4.78, 5) is 34.6. The predicted octanol–water partition coefficient (Wildman–Crippen LogP) is 3.37. The van der Waals surface area contributed by atoms with E-state index in [2.05, 4.69) is 4.57 Å². The molecule has 1 aromatic carbocycles. The first-order chi connectivity index (χ1) is 13.6. The highest BCUT2D eigenvalue weighted by atomic mass is 16.2. The number of aromatic nitrogens is 2. The first-order valence-corrected chi connectivity index (χ1v) is 10.6. The van der Waals surface area contributed by atoms with Gasteiger partial charge < -0.3 is 14.4 Å². The number of para-hydroxylation sites is 2. The van der Waals surface area contributed by atoms with Crippen LogP contribution in [0, 0.1) is 5.92 Å². The van der Waals surface area contributed by atoms with E-state index in [0.29, 0.717) is 6.54 Å². The number of piperidine rings is 1. The van der Waals surface area contributed by atoms with Crippen LogP contribution in [0.15, 0.2) is 24.3 Å². The van der Waals surface area contributed by atoms with Crippen LogP contribution in [-0.4, -0.2) is 50.8 Å². The van der Waals surface area contributed by atoms with E-state index in [4.69, 9.17) is 4.98 Å². The lowest BCUT2D eigenvalue weighted by Crippen LogP contribution is -2.39. The molecule has 6 nitrogen and oxygen atoms in total. The number of nitrogens with zero attached hydrogens (tertiary/aromatic N) is 4. The lowest BCUT2D eigenvalue weighted by Gasteiger charge is -2.29. The molecule has 1 aromatic heterocycles. The second-order valence-electron chi connectivity index (χ2n) is 8.33. The Bertz CT molecular complexity index is 867. The van der Waals surface area contributed by atoms with Gasteiger partial charge in [-0.2, -0.15) is 0 Å². The van der Waals surface area contributed by atoms with Crippen LogP contribution in [0.1, 0.15) is 57.8 Å². The van der Waals surface area contributed by atoms with Gasteiger partial charge in [0.1, 0.15) is 12.4 Å². The Morgan fingerprint density at radius 1 is 1.07 bits per heavy atom. The standard InChI is InChI=1S/C22H30N4O2/c1-16(2)22(28)25-14-8-11-19(25)21-23-17-9-4-5-10-18(17)26(21)15-20(27)24-12-6-3-7-13-24/h4-5,9-10,16,19H,3,6-8,11-15H2,1-2H3/t19-/m1/s1. The molecule has 4 rings (SSSR count). The Balaban J connectivity index is 1.69. The average molecular weight is 383 g/mol. The Morgan fingerprint density at radius 2 is 1.82 bits per heavy atom. The predicted molar refractivity (Wildman–Crippen MR) is 109 cm³/mol. The van der Waals surface area contributed by atoms with E-state index >= 15 is 0 Å². The van der Waals surface area contributed by atoms with E-state index in [1.54, 1.807) is 0 Å². The van der Waals surface area contributed by atoms with Crippen molar-refractivity contribution >= 4 is 22.8 Å². The van der Waals surface area contributed by atoms with Gasteiger partial charge in [0.25, 0.3) is 0 Å². The number of fused-ring (bicyclic) bond motifs is 1. The van der Waals surface area contributed by atoms with Gasteiger partial charge in [-0.05, 0) is 44.2 Å². The summed E-state index contributed by atoms with van der Waals surface area (Å²) < 4.78 is 2.06. The molecule has 0 N–H and O–H groups in total. The van der Waals surface area contributed by atoms with Crippen LogP contribution in [0.25, 0.3) is 11.0 Å². The van der Waals surface area contributed by atoms with Gasteiger partial charge in [0, 0.05) is 25.6 Å². The average Bonchev–Trinajstić information content (AvgIpc) is 3.33. The smallest absolute Gasteiger partial charge is 0.242 e. The molecule has 3 heterocycles. The summed E-state index contributed by atoms with van der Waals surface area (Å²) in [5.41, 5.74) is 1.87. The Morgan fingerprint density at radius 3 is 2.57 bits per heavy atom. The molecular formula is C22H30N4O2. The van der Waals surface area contributed by atoms with Crippen LogP contribution in [-0.2, 0) is 16.1 Å². The van der Waals surface area contributed by atoms with E-state index in [1.807, 2.05) is 47.9 Å². The molecule has 150 valence electrons. The number of amides is 2. The fourth-order valence-corrected chi connectivity index (χ4v) is 4.52. The van der Waals surface area contributed by atoms with Gasteiger partial charge >= 0.3 is 0 Å². The molecule has 2 aliphatic heterocycles. The lowest BCUT2D eigenvalue weighted by atomic mass is 10.1. The van der Waals surface area contributed by atoms with Crippen molar-refractivity contribution in [3.8, 4) is 0 Å². The van der Waals surface area contributed by atoms with Crippen molar-refractivity contribution in [2.24, 2.45) is 5.92 Å². The topological polar surface area (TPSA) is 58.4 Å². The first kappa shape index (κ1) is 19.0. The molecule has 0 saturated carbocycles. The third-order valence-corrected chi connectivity index (χ3v) is 6.01.